The molecule has 0 bridgehead atoms. The van der Waals surface area contributed by atoms with Crippen molar-refractivity contribution in [2.45, 2.75) is 44.3 Å². The molecule has 2 aromatic carbocycles. The number of carbonyl (C=O) groups is 1. The first-order valence-corrected chi connectivity index (χ1v) is 10.1. The van der Waals surface area contributed by atoms with Crippen LogP contribution in [0.2, 0.25) is 5.02 Å². The number of aryl methyl sites for hydroxylation is 1. The molecule has 0 spiro atoms. The van der Waals surface area contributed by atoms with Gasteiger partial charge in [-0.05, 0) is 61.6 Å². The van der Waals surface area contributed by atoms with Crippen molar-refractivity contribution in [2.24, 2.45) is 0 Å². The zero-order valence-corrected chi connectivity index (χ0v) is 17.2. The summed E-state index contributed by atoms with van der Waals surface area (Å²) in [6, 6.07) is 11.0. The third kappa shape index (κ3) is 3.85. The molecule has 5 nitrogen and oxygen atoms in total. The van der Waals surface area contributed by atoms with E-state index in [0.29, 0.717) is 10.8 Å². The molecular weight excluding hydrogens is 390 g/mol. The summed E-state index contributed by atoms with van der Waals surface area (Å²) in [5.74, 6) is -0.145. The van der Waals surface area contributed by atoms with Crippen LogP contribution in [0, 0.1) is 6.92 Å². The first-order chi connectivity index (χ1) is 14.0. The molecule has 4 rings (SSSR count). The summed E-state index contributed by atoms with van der Waals surface area (Å²) in [6.07, 6.45) is 4.53. The summed E-state index contributed by atoms with van der Waals surface area (Å²) in [6.45, 7) is 2.02. The number of ether oxygens (including phenoxy) is 2. The Morgan fingerprint density at radius 1 is 1.21 bits per heavy atom. The van der Waals surface area contributed by atoms with Gasteiger partial charge in [0.1, 0.15) is 11.9 Å². The molecular formula is C23H24ClNO4. The minimum atomic E-state index is -0.927. The average Bonchev–Trinajstić information content (AvgIpc) is 3.21. The van der Waals surface area contributed by atoms with Crippen LogP contribution in [0.25, 0.3) is 10.9 Å². The number of carboxylic acid groups (broad SMARTS) is 1. The van der Waals surface area contributed by atoms with E-state index in [1.807, 2.05) is 37.4 Å². The first kappa shape index (κ1) is 19.8. The Hall–Kier alpha value is -2.50. The lowest BCUT2D eigenvalue weighted by molar-refractivity contribution is 0.0196. The number of aromatic amines is 1. The summed E-state index contributed by atoms with van der Waals surface area (Å²) >= 11 is 6.56. The number of carboxylic acids is 1. The van der Waals surface area contributed by atoms with Gasteiger partial charge in [0.25, 0.3) is 0 Å². The second-order valence-electron chi connectivity index (χ2n) is 7.63. The molecule has 1 aromatic heterocycles. The molecule has 2 N–H and O–H groups in total. The summed E-state index contributed by atoms with van der Waals surface area (Å²) < 4.78 is 12.1. The van der Waals surface area contributed by atoms with Gasteiger partial charge in [-0.15, -0.1) is 0 Å². The van der Waals surface area contributed by atoms with Crippen molar-refractivity contribution in [3.05, 3.63) is 64.3 Å². The molecule has 0 aliphatic heterocycles. The number of hydrogen-bond acceptors (Lipinski definition) is 3. The summed E-state index contributed by atoms with van der Waals surface area (Å²) in [5, 5.41) is 10.8. The highest BCUT2D eigenvalue weighted by atomic mass is 35.5. The van der Waals surface area contributed by atoms with Crippen LogP contribution in [0.15, 0.2) is 42.6 Å². The lowest BCUT2D eigenvalue weighted by Crippen LogP contribution is -2.35. The van der Waals surface area contributed by atoms with Gasteiger partial charge in [0.05, 0.1) is 22.2 Å². The zero-order valence-electron chi connectivity index (χ0n) is 16.4. The Balaban J connectivity index is 1.68. The number of rotatable bonds is 5. The quantitative estimate of drug-likeness (QED) is 0.574. The Bertz CT molecular complexity index is 1030. The number of nitrogens with one attached hydrogen (secondary N) is 1. The number of fused-ring (bicyclic) bond motifs is 1. The third-order valence-corrected chi connectivity index (χ3v) is 6.15. The van der Waals surface area contributed by atoms with Crippen molar-refractivity contribution in [2.75, 3.05) is 7.11 Å². The predicted octanol–water partition coefficient (Wildman–Crippen LogP) is 5.56. The molecule has 0 amide bonds. The van der Waals surface area contributed by atoms with Crippen molar-refractivity contribution in [3.8, 4) is 5.75 Å². The fraction of sp³-hybridized carbons (Fsp3) is 0.348. The van der Waals surface area contributed by atoms with Gasteiger partial charge in [-0.2, -0.15) is 0 Å². The molecule has 1 saturated carbocycles. The number of benzene rings is 2. The number of methoxy groups -OCH3 is 1. The van der Waals surface area contributed by atoms with Crippen molar-refractivity contribution in [1.82, 2.24) is 4.98 Å². The number of aromatic nitrogens is 1. The van der Waals surface area contributed by atoms with Gasteiger partial charge in [-0.1, -0.05) is 23.7 Å². The van der Waals surface area contributed by atoms with E-state index in [2.05, 4.69) is 4.98 Å². The topological polar surface area (TPSA) is 71.5 Å². The van der Waals surface area contributed by atoms with Crippen molar-refractivity contribution in [3.63, 3.8) is 0 Å². The molecule has 0 unspecified atom stereocenters. The molecule has 0 radical (unpaired) electrons. The lowest BCUT2D eigenvalue weighted by Gasteiger charge is -2.36. The molecule has 1 aliphatic rings. The molecule has 1 heterocycles. The zero-order chi connectivity index (χ0) is 20.5. The minimum absolute atomic E-state index is 0.0737. The number of aromatic carboxylic acids is 1. The first-order valence-electron chi connectivity index (χ1n) is 9.76. The van der Waals surface area contributed by atoms with Crippen LogP contribution >= 0.6 is 11.6 Å². The fourth-order valence-electron chi connectivity index (χ4n) is 4.30. The Morgan fingerprint density at radius 3 is 2.66 bits per heavy atom. The van der Waals surface area contributed by atoms with Crippen molar-refractivity contribution >= 4 is 28.5 Å². The van der Waals surface area contributed by atoms with Crippen LogP contribution in [0.4, 0.5) is 0 Å². The maximum atomic E-state index is 11.2. The van der Waals surface area contributed by atoms with Gasteiger partial charge >= 0.3 is 5.97 Å². The third-order valence-electron chi connectivity index (χ3n) is 5.87. The second kappa shape index (κ2) is 8.09. The molecule has 29 heavy (non-hydrogen) atoms. The highest BCUT2D eigenvalue weighted by Crippen LogP contribution is 2.41. The summed E-state index contributed by atoms with van der Waals surface area (Å²) in [5.41, 5.74) is 3.43. The van der Waals surface area contributed by atoms with Crippen molar-refractivity contribution < 1.29 is 19.4 Å². The molecule has 0 saturated heterocycles. The Labute approximate surface area is 174 Å². The van der Waals surface area contributed by atoms with Crippen LogP contribution in [-0.2, 0) is 4.74 Å². The van der Waals surface area contributed by atoms with Gasteiger partial charge in [-0.25, -0.2) is 4.79 Å². The van der Waals surface area contributed by atoms with Gasteiger partial charge < -0.3 is 19.6 Å². The number of halogens is 1. The van der Waals surface area contributed by atoms with Crippen LogP contribution in [0.1, 0.15) is 46.7 Å². The van der Waals surface area contributed by atoms with Gasteiger partial charge in [-0.3, -0.25) is 0 Å². The lowest BCUT2D eigenvalue weighted by atomic mass is 9.80. The molecule has 1 fully saturated rings. The largest absolute Gasteiger partial charge is 0.488 e. The number of hydrogen-bond donors (Lipinski definition) is 2. The molecule has 6 heteroatoms. The Morgan fingerprint density at radius 2 is 1.97 bits per heavy atom. The number of H-pyrrole nitrogens is 1. The normalized spacial score (nSPS) is 22.0. The highest BCUT2D eigenvalue weighted by Gasteiger charge is 2.34. The van der Waals surface area contributed by atoms with E-state index in [-0.39, 0.29) is 23.7 Å². The average molecular weight is 414 g/mol. The van der Waals surface area contributed by atoms with E-state index < -0.39 is 5.97 Å². The van der Waals surface area contributed by atoms with E-state index in [9.17, 15) is 9.90 Å². The maximum absolute atomic E-state index is 11.2. The van der Waals surface area contributed by atoms with Crippen molar-refractivity contribution in [1.29, 1.82) is 0 Å². The fourth-order valence-corrected chi connectivity index (χ4v) is 4.61. The summed E-state index contributed by atoms with van der Waals surface area (Å²) in [7, 11) is 1.73. The highest BCUT2D eigenvalue weighted by molar-refractivity contribution is 6.33. The minimum Gasteiger partial charge on any atom is -0.488 e. The maximum Gasteiger partial charge on any atom is 0.335 e. The Kier molecular flexibility index (Phi) is 5.52. The predicted molar refractivity (Wildman–Crippen MR) is 113 cm³/mol. The van der Waals surface area contributed by atoms with Gasteiger partial charge in [0.15, 0.2) is 0 Å². The molecule has 3 atom stereocenters. The van der Waals surface area contributed by atoms with Crippen LogP contribution in [0.5, 0.6) is 5.75 Å². The molecule has 3 aromatic rings. The molecule has 152 valence electrons. The van der Waals surface area contributed by atoms with Crippen LogP contribution in [-0.4, -0.2) is 35.4 Å². The SMILES string of the molecule is CO[C@H]1CC[C@@H](Oc2c(Cl)cc(C)c3[nH]ccc23)[C@H](c2ccc(C(=O)O)cc2)C1. The standard InChI is InChI=1S/C23H24ClNO4/c1-13-11-19(24)22(17-9-10-25-21(13)17)29-20-8-7-16(28-2)12-18(20)14-3-5-15(6-4-14)23(26)27/h3-6,9-11,16,18,20,25H,7-8,12H2,1-2H3,(H,26,27)/t16-,18-,20+/m0/s1. The van der Waals surface area contributed by atoms with E-state index in [1.165, 1.54) is 0 Å². The van der Waals surface area contributed by atoms with Crippen LogP contribution < -0.4 is 4.74 Å². The van der Waals surface area contributed by atoms with Gasteiger partial charge in [0.2, 0.25) is 0 Å². The van der Waals surface area contributed by atoms with Crippen LogP contribution in [0.3, 0.4) is 0 Å². The monoisotopic (exact) mass is 413 g/mol. The second-order valence-corrected chi connectivity index (χ2v) is 8.04. The van der Waals surface area contributed by atoms with E-state index in [4.69, 9.17) is 21.1 Å². The van der Waals surface area contributed by atoms with Gasteiger partial charge in [0, 0.05) is 24.6 Å². The van der Waals surface area contributed by atoms with E-state index in [0.717, 1.165) is 41.3 Å². The summed E-state index contributed by atoms with van der Waals surface area (Å²) in [4.78, 5) is 14.4. The molecule has 1 aliphatic carbocycles. The van der Waals surface area contributed by atoms with E-state index in [1.54, 1.807) is 19.2 Å². The smallest absolute Gasteiger partial charge is 0.335 e. The van der Waals surface area contributed by atoms with E-state index >= 15 is 0 Å².